The predicted molar refractivity (Wildman–Crippen MR) is 72.6 cm³/mol. The highest BCUT2D eigenvalue weighted by molar-refractivity contribution is 7.88. The number of carbonyl (C=O) groups excluding carboxylic acids is 2. The van der Waals surface area contributed by atoms with Gasteiger partial charge in [-0.1, -0.05) is 14.9 Å². The van der Waals surface area contributed by atoms with Crippen molar-refractivity contribution in [1.82, 2.24) is 0 Å². The van der Waals surface area contributed by atoms with Gasteiger partial charge in [-0.3, -0.25) is 13.8 Å². The molecule has 0 aliphatic carbocycles. The van der Waals surface area contributed by atoms with E-state index in [-0.39, 0.29) is 28.1 Å². The summed E-state index contributed by atoms with van der Waals surface area (Å²) in [4.78, 5) is 22.6. The molecule has 0 radical (unpaired) electrons. The fourth-order valence-electron chi connectivity index (χ4n) is 1.000. The first-order valence-electron chi connectivity index (χ1n) is 4.90. The van der Waals surface area contributed by atoms with Gasteiger partial charge in [0.2, 0.25) is 0 Å². The van der Waals surface area contributed by atoms with E-state index in [1.165, 1.54) is 7.11 Å². The standard InChI is InChI=1S/C9H16O8S.2CH4/c1-14-4-5-17-8(10)6-7(9(11)15-2)18(12,13)16-3;;/h7H,4-6H2,1-3H3;2*1H4. The normalized spacial score (nSPS) is 11.6. The van der Waals surface area contributed by atoms with E-state index in [0.29, 0.717) is 0 Å². The summed E-state index contributed by atoms with van der Waals surface area (Å²) < 4.78 is 40.6. The third-order valence-electron chi connectivity index (χ3n) is 1.95. The Morgan fingerprint density at radius 3 is 2.00 bits per heavy atom. The van der Waals surface area contributed by atoms with E-state index in [1.807, 2.05) is 0 Å². The number of hydrogen-bond donors (Lipinski definition) is 0. The first-order valence-corrected chi connectivity index (χ1v) is 6.38. The van der Waals surface area contributed by atoms with Crippen LogP contribution in [0.15, 0.2) is 0 Å². The lowest BCUT2D eigenvalue weighted by Gasteiger charge is -2.13. The van der Waals surface area contributed by atoms with Gasteiger partial charge in [0, 0.05) is 7.11 Å². The van der Waals surface area contributed by atoms with Crippen molar-refractivity contribution in [2.75, 3.05) is 34.5 Å². The summed E-state index contributed by atoms with van der Waals surface area (Å²) in [6.07, 6.45) is -0.674. The fraction of sp³-hybridized carbons (Fsp3) is 0.818. The Morgan fingerprint density at radius 1 is 1.05 bits per heavy atom. The Morgan fingerprint density at radius 2 is 1.60 bits per heavy atom. The van der Waals surface area contributed by atoms with Crippen LogP contribution < -0.4 is 0 Å². The topological polar surface area (TPSA) is 105 Å². The van der Waals surface area contributed by atoms with E-state index in [2.05, 4.69) is 18.4 Å². The molecule has 20 heavy (non-hydrogen) atoms. The zero-order valence-corrected chi connectivity index (χ0v) is 11.2. The van der Waals surface area contributed by atoms with Crippen LogP contribution in [0.25, 0.3) is 0 Å². The number of carbonyl (C=O) groups is 2. The van der Waals surface area contributed by atoms with Gasteiger partial charge in [-0.2, -0.15) is 8.42 Å². The minimum atomic E-state index is -4.20. The second-order valence-electron chi connectivity index (χ2n) is 3.09. The molecule has 0 spiro atoms. The molecule has 0 bridgehead atoms. The Kier molecular flexibility index (Phi) is 13.9. The number of methoxy groups -OCH3 is 2. The molecular formula is C11H24O8S. The molecule has 9 heteroatoms. The summed E-state index contributed by atoms with van der Waals surface area (Å²) in [7, 11) is -0.886. The van der Waals surface area contributed by atoms with Gasteiger partial charge in [0.15, 0.2) is 5.25 Å². The van der Waals surface area contributed by atoms with Crippen LogP contribution in [0, 0.1) is 0 Å². The molecule has 0 heterocycles. The molecule has 0 aromatic carbocycles. The summed E-state index contributed by atoms with van der Waals surface area (Å²) in [6, 6.07) is 0. The summed E-state index contributed by atoms with van der Waals surface area (Å²) in [5.41, 5.74) is 0. The smallest absolute Gasteiger partial charge is 0.327 e. The quantitative estimate of drug-likeness (QED) is 0.359. The van der Waals surface area contributed by atoms with Crippen molar-refractivity contribution in [3.8, 4) is 0 Å². The molecule has 1 atom stereocenters. The van der Waals surface area contributed by atoms with Gasteiger partial charge < -0.3 is 14.2 Å². The van der Waals surface area contributed by atoms with E-state index in [1.54, 1.807) is 0 Å². The number of esters is 2. The number of ether oxygens (including phenoxy) is 3. The van der Waals surface area contributed by atoms with Crippen LogP contribution in [0.4, 0.5) is 0 Å². The Hall–Kier alpha value is -1.19. The number of rotatable bonds is 8. The highest BCUT2D eigenvalue weighted by Crippen LogP contribution is 2.11. The van der Waals surface area contributed by atoms with Crippen LogP contribution in [-0.4, -0.2) is 60.1 Å². The Labute approximate surface area is 120 Å². The van der Waals surface area contributed by atoms with Crippen LogP contribution in [-0.2, 0) is 38.1 Å². The molecule has 0 saturated carbocycles. The summed E-state index contributed by atoms with van der Waals surface area (Å²) in [5.74, 6) is -1.94. The first kappa shape index (κ1) is 23.9. The zero-order chi connectivity index (χ0) is 14.2. The second kappa shape index (κ2) is 11.6. The van der Waals surface area contributed by atoms with Gasteiger partial charge in [0.25, 0.3) is 10.1 Å². The maximum absolute atomic E-state index is 11.4. The van der Waals surface area contributed by atoms with E-state index in [9.17, 15) is 18.0 Å². The number of hydrogen-bond acceptors (Lipinski definition) is 8. The van der Waals surface area contributed by atoms with Crippen LogP contribution in [0.3, 0.4) is 0 Å². The van der Waals surface area contributed by atoms with E-state index in [4.69, 9.17) is 0 Å². The van der Waals surface area contributed by atoms with Crippen molar-refractivity contribution in [2.24, 2.45) is 0 Å². The van der Waals surface area contributed by atoms with Gasteiger partial charge in [-0.05, 0) is 0 Å². The van der Waals surface area contributed by atoms with Crippen molar-refractivity contribution < 1.29 is 36.4 Å². The van der Waals surface area contributed by atoms with Crippen molar-refractivity contribution in [2.45, 2.75) is 26.5 Å². The van der Waals surface area contributed by atoms with Crippen molar-refractivity contribution in [3.05, 3.63) is 0 Å². The third kappa shape index (κ3) is 8.08. The molecule has 0 N–H and O–H groups in total. The third-order valence-corrected chi connectivity index (χ3v) is 3.47. The molecule has 0 aliphatic heterocycles. The lowest BCUT2D eigenvalue weighted by atomic mass is 10.3. The van der Waals surface area contributed by atoms with Gasteiger partial charge in [0.1, 0.15) is 6.61 Å². The van der Waals surface area contributed by atoms with Crippen LogP contribution in [0.2, 0.25) is 0 Å². The molecule has 8 nitrogen and oxygen atoms in total. The molecular weight excluding hydrogens is 292 g/mol. The molecule has 1 unspecified atom stereocenters. The summed E-state index contributed by atoms with van der Waals surface area (Å²) in [6.45, 7) is 0.141. The van der Waals surface area contributed by atoms with E-state index < -0.39 is 33.7 Å². The molecule has 0 aromatic rings. The van der Waals surface area contributed by atoms with Gasteiger partial charge in [-0.15, -0.1) is 0 Å². The van der Waals surface area contributed by atoms with Crippen molar-refractivity contribution in [3.63, 3.8) is 0 Å². The highest BCUT2D eigenvalue weighted by Gasteiger charge is 2.36. The molecule has 0 rings (SSSR count). The zero-order valence-electron chi connectivity index (χ0n) is 10.4. The highest BCUT2D eigenvalue weighted by atomic mass is 32.2. The molecule has 0 aromatic heterocycles. The average Bonchev–Trinajstić information content (AvgIpc) is 2.35. The Bertz CT molecular complexity index is 376. The maximum atomic E-state index is 11.4. The summed E-state index contributed by atoms with van der Waals surface area (Å²) >= 11 is 0. The largest absolute Gasteiger partial charge is 0.468 e. The summed E-state index contributed by atoms with van der Waals surface area (Å²) in [5, 5.41) is -1.73. The molecule has 0 saturated heterocycles. The maximum Gasteiger partial charge on any atom is 0.327 e. The van der Waals surface area contributed by atoms with E-state index in [0.717, 1.165) is 14.2 Å². The second-order valence-corrected chi connectivity index (χ2v) is 4.98. The monoisotopic (exact) mass is 316 g/mol. The minimum Gasteiger partial charge on any atom is -0.468 e. The minimum absolute atomic E-state index is 0. The van der Waals surface area contributed by atoms with Crippen LogP contribution >= 0.6 is 0 Å². The van der Waals surface area contributed by atoms with Gasteiger partial charge in [0.05, 0.1) is 27.2 Å². The molecule has 0 fully saturated rings. The molecule has 122 valence electrons. The van der Waals surface area contributed by atoms with Crippen LogP contribution in [0.5, 0.6) is 0 Å². The van der Waals surface area contributed by atoms with Crippen molar-refractivity contribution >= 4 is 22.1 Å². The van der Waals surface area contributed by atoms with Gasteiger partial charge in [-0.25, -0.2) is 0 Å². The molecule has 0 amide bonds. The SMILES string of the molecule is C.C.COCCOC(=O)CC(C(=O)OC)S(=O)(=O)OC. The molecule has 0 aliphatic rings. The average molecular weight is 316 g/mol. The van der Waals surface area contributed by atoms with Crippen LogP contribution in [0.1, 0.15) is 21.3 Å². The lowest BCUT2D eigenvalue weighted by molar-refractivity contribution is -0.149. The predicted octanol–water partition coefficient (Wildman–Crippen LogP) is 0.356. The fourth-order valence-corrected chi connectivity index (χ4v) is 1.90. The van der Waals surface area contributed by atoms with E-state index >= 15 is 0 Å². The Balaban J connectivity index is -0.00000144. The first-order chi connectivity index (χ1) is 8.38. The lowest BCUT2D eigenvalue weighted by Crippen LogP contribution is -2.35. The van der Waals surface area contributed by atoms with Crippen molar-refractivity contribution in [1.29, 1.82) is 0 Å². The van der Waals surface area contributed by atoms with Gasteiger partial charge >= 0.3 is 11.9 Å².